The Morgan fingerprint density at radius 1 is 1.11 bits per heavy atom. The Hall–Kier alpha value is -3.61. The first-order valence-electron chi connectivity index (χ1n) is 8.08. The van der Waals surface area contributed by atoms with Gasteiger partial charge in [0.1, 0.15) is 5.69 Å². The van der Waals surface area contributed by atoms with Gasteiger partial charge in [-0.1, -0.05) is 23.4 Å². The number of nitrogens with zero attached hydrogens (tertiary/aromatic N) is 1. The average Bonchev–Trinajstić information content (AvgIpc) is 3.09. The van der Waals surface area contributed by atoms with Crippen LogP contribution in [0, 0.1) is 0 Å². The molecule has 0 amide bonds. The highest BCUT2D eigenvalue weighted by atomic mass is 16.6. The second-order valence-corrected chi connectivity index (χ2v) is 5.54. The van der Waals surface area contributed by atoms with Crippen molar-refractivity contribution in [3.05, 3.63) is 59.8 Å². The number of fused-ring (bicyclic) bond motifs is 1. The molecule has 27 heavy (non-hydrogen) atoms. The lowest BCUT2D eigenvalue weighted by molar-refractivity contribution is -0.135. The highest BCUT2D eigenvalue weighted by Crippen LogP contribution is 2.29. The first-order valence-corrected chi connectivity index (χ1v) is 8.08. The number of esters is 2. The zero-order valence-electron chi connectivity index (χ0n) is 14.8. The Balaban J connectivity index is 1.73. The second-order valence-electron chi connectivity index (χ2n) is 5.54. The van der Waals surface area contributed by atoms with Crippen molar-refractivity contribution >= 4 is 29.0 Å². The lowest BCUT2D eigenvalue weighted by Gasteiger charge is -2.09. The first-order chi connectivity index (χ1) is 13.1. The highest BCUT2D eigenvalue weighted by molar-refractivity contribution is 5.87. The minimum atomic E-state index is -0.495. The smallest absolute Gasteiger partial charge is 0.330 e. The molecule has 0 aliphatic carbocycles. The van der Waals surface area contributed by atoms with Gasteiger partial charge in [-0.3, -0.25) is 4.79 Å². The molecule has 0 radical (unpaired) electrons. The third kappa shape index (κ3) is 4.33. The number of para-hydroxylation sites is 1. The second kappa shape index (κ2) is 8.18. The van der Waals surface area contributed by atoms with Gasteiger partial charge in [-0.05, 0) is 35.9 Å². The molecule has 0 fully saturated rings. The third-order valence-corrected chi connectivity index (χ3v) is 3.79. The quantitative estimate of drug-likeness (QED) is 0.376. The van der Waals surface area contributed by atoms with Crippen LogP contribution in [0.15, 0.2) is 53.1 Å². The zero-order chi connectivity index (χ0) is 19.2. The fourth-order valence-corrected chi connectivity index (χ4v) is 2.47. The zero-order valence-corrected chi connectivity index (χ0v) is 14.8. The van der Waals surface area contributed by atoms with Crippen LogP contribution in [0.5, 0.6) is 11.5 Å². The monoisotopic (exact) mass is 367 g/mol. The molecule has 2 aromatic carbocycles. The molecular weight excluding hydrogens is 350 g/mol. The lowest BCUT2D eigenvalue weighted by atomic mass is 10.1. The fraction of sp³-hybridized carbons (Fsp3) is 0.150. The predicted octanol–water partition coefficient (Wildman–Crippen LogP) is 3.17. The number of rotatable bonds is 6. The van der Waals surface area contributed by atoms with Crippen molar-refractivity contribution in [2.45, 2.75) is 6.42 Å². The van der Waals surface area contributed by atoms with Crippen molar-refractivity contribution in [2.24, 2.45) is 0 Å². The van der Waals surface area contributed by atoms with E-state index < -0.39 is 11.9 Å². The summed E-state index contributed by atoms with van der Waals surface area (Å²) in [6.07, 6.45) is 2.82. The molecule has 0 spiro atoms. The van der Waals surface area contributed by atoms with Crippen molar-refractivity contribution in [2.75, 3.05) is 14.2 Å². The standard InChI is InChI=1S/C20H17NO6/c1-24-18-11-13(8-10-19(22)25-2)7-9-17(18)26-20(23)12-15-14-5-3-4-6-16(14)27-21-15/h3-11H,12H2,1-2H3/b10-8+. The summed E-state index contributed by atoms with van der Waals surface area (Å²) < 4.78 is 20.4. The van der Waals surface area contributed by atoms with Crippen LogP contribution in [0.2, 0.25) is 0 Å². The van der Waals surface area contributed by atoms with E-state index in [9.17, 15) is 9.59 Å². The highest BCUT2D eigenvalue weighted by Gasteiger charge is 2.16. The van der Waals surface area contributed by atoms with Crippen LogP contribution in [0.1, 0.15) is 11.3 Å². The minimum Gasteiger partial charge on any atom is -0.493 e. The number of hydrogen-bond donors (Lipinski definition) is 0. The van der Waals surface area contributed by atoms with E-state index in [4.69, 9.17) is 14.0 Å². The molecule has 1 aromatic heterocycles. The number of aromatic nitrogens is 1. The molecule has 0 saturated carbocycles. The van der Waals surface area contributed by atoms with Crippen molar-refractivity contribution in [1.29, 1.82) is 0 Å². The molecule has 7 nitrogen and oxygen atoms in total. The lowest BCUT2D eigenvalue weighted by Crippen LogP contribution is -2.12. The Morgan fingerprint density at radius 3 is 2.70 bits per heavy atom. The van der Waals surface area contributed by atoms with E-state index in [-0.39, 0.29) is 12.2 Å². The van der Waals surface area contributed by atoms with E-state index in [1.165, 1.54) is 20.3 Å². The molecule has 0 aliphatic rings. The van der Waals surface area contributed by atoms with E-state index in [2.05, 4.69) is 9.89 Å². The summed E-state index contributed by atoms with van der Waals surface area (Å²) in [4.78, 5) is 23.5. The van der Waals surface area contributed by atoms with Crippen LogP contribution in [-0.2, 0) is 20.7 Å². The summed E-state index contributed by atoms with van der Waals surface area (Å²) in [5, 5.41) is 4.69. The van der Waals surface area contributed by atoms with Gasteiger partial charge in [0.25, 0.3) is 0 Å². The van der Waals surface area contributed by atoms with Gasteiger partial charge < -0.3 is 18.7 Å². The Kier molecular flexibility index (Phi) is 5.51. The molecule has 0 unspecified atom stereocenters. The van der Waals surface area contributed by atoms with Crippen LogP contribution >= 0.6 is 0 Å². The van der Waals surface area contributed by atoms with Gasteiger partial charge >= 0.3 is 11.9 Å². The third-order valence-electron chi connectivity index (χ3n) is 3.79. The van der Waals surface area contributed by atoms with Gasteiger partial charge in [0, 0.05) is 11.5 Å². The largest absolute Gasteiger partial charge is 0.493 e. The number of benzene rings is 2. The van der Waals surface area contributed by atoms with Crippen LogP contribution in [0.25, 0.3) is 17.0 Å². The molecular formula is C20H17NO6. The summed E-state index contributed by atoms with van der Waals surface area (Å²) in [6.45, 7) is 0. The topological polar surface area (TPSA) is 87.9 Å². The number of carbonyl (C=O) groups excluding carboxylic acids is 2. The fourth-order valence-electron chi connectivity index (χ4n) is 2.47. The van der Waals surface area contributed by atoms with Crippen molar-refractivity contribution in [3.8, 4) is 11.5 Å². The van der Waals surface area contributed by atoms with Crippen LogP contribution in [0.4, 0.5) is 0 Å². The van der Waals surface area contributed by atoms with E-state index in [0.29, 0.717) is 22.6 Å². The summed E-state index contributed by atoms with van der Waals surface area (Å²) in [5.74, 6) is -0.333. The van der Waals surface area contributed by atoms with E-state index >= 15 is 0 Å². The van der Waals surface area contributed by atoms with Gasteiger partial charge in [-0.25, -0.2) is 4.79 Å². The number of carbonyl (C=O) groups is 2. The normalized spacial score (nSPS) is 10.9. The molecule has 138 valence electrons. The maximum atomic E-state index is 12.3. The summed E-state index contributed by atoms with van der Waals surface area (Å²) in [7, 11) is 2.76. The maximum Gasteiger partial charge on any atom is 0.330 e. The number of ether oxygens (including phenoxy) is 3. The van der Waals surface area contributed by atoms with Gasteiger partial charge in [-0.15, -0.1) is 0 Å². The van der Waals surface area contributed by atoms with Crippen LogP contribution in [0.3, 0.4) is 0 Å². The van der Waals surface area contributed by atoms with E-state index in [1.807, 2.05) is 18.2 Å². The average molecular weight is 367 g/mol. The minimum absolute atomic E-state index is 0.0375. The molecule has 7 heteroatoms. The van der Waals surface area contributed by atoms with Gasteiger partial charge in [0.15, 0.2) is 17.1 Å². The molecule has 0 atom stereocenters. The molecule has 0 bridgehead atoms. The molecule has 3 aromatic rings. The van der Waals surface area contributed by atoms with Gasteiger partial charge in [-0.2, -0.15) is 0 Å². The van der Waals surface area contributed by atoms with Crippen molar-refractivity contribution in [3.63, 3.8) is 0 Å². The van der Waals surface area contributed by atoms with E-state index in [1.54, 1.807) is 30.3 Å². The SMILES string of the molecule is COC(=O)/C=C/c1ccc(OC(=O)Cc2noc3ccccc23)c(OC)c1. The molecule has 3 rings (SSSR count). The van der Waals surface area contributed by atoms with Crippen LogP contribution < -0.4 is 9.47 Å². The number of hydrogen-bond acceptors (Lipinski definition) is 7. The van der Waals surface area contributed by atoms with Crippen LogP contribution in [-0.4, -0.2) is 31.3 Å². The Labute approximate surface area is 155 Å². The van der Waals surface area contributed by atoms with Crippen molar-refractivity contribution in [1.82, 2.24) is 5.16 Å². The van der Waals surface area contributed by atoms with Gasteiger partial charge in [0.2, 0.25) is 0 Å². The first kappa shape index (κ1) is 18.2. The Bertz CT molecular complexity index is 1000. The van der Waals surface area contributed by atoms with E-state index in [0.717, 1.165) is 5.39 Å². The molecule has 1 heterocycles. The Morgan fingerprint density at radius 2 is 1.93 bits per heavy atom. The predicted molar refractivity (Wildman–Crippen MR) is 97.4 cm³/mol. The molecule has 0 aliphatic heterocycles. The summed E-state index contributed by atoms with van der Waals surface area (Å²) >= 11 is 0. The molecule has 0 N–H and O–H groups in total. The maximum absolute atomic E-state index is 12.3. The van der Waals surface area contributed by atoms with Gasteiger partial charge in [0.05, 0.1) is 20.6 Å². The summed E-state index contributed by atoms with van der Waals surface area (Å²) in [5.41, 5.74) is 1.81. The summed E-state index contributed by atoms with van der Waals surface area (Å²) in [6, 6.07) is 12.2. The molecule has 0 saturated heterocycles. The number of methoxy groups -OCH3 is 2. The van der Waals surface area contributed by atoms with Crippen molar-refractivity contribution < 1.29 is 28.3 Å².